The summed E-state index contributed by atoms with van der Waals surface area (Å²) in [6, 6.07) is 6.66. The molecule has 1 aromatic rings. The number of amides is 1. The number of benzene rings is 1. The summed E-state index contributed by atoms with van der Waals surface area (Å²) in [6.45, 7) is 10.4. The normalized spacial score (nSPS) is 12.2. The highest BCUT2D eigenvalue weighted by atomic mass is 32.2. The molecule has 0 unspecified atom stereocenters. The van der Waals surface area contributed by atoms with E-state index in [0.29, 0.717) is 24.3 Å². The molecule has 0 saturated carbocycles. The van der Waals surface area contributed by atoms with Crippen molar-refractivity contribution in [1.29, 1.82) is 0 Å². The summed E-state index contributed by atoms with van der Waals surface area (Å²) in [4.78, 5) is 14.2. The first kappa shape index (κ1) is 20.6. The van der Waals surface area contributed by atoms with Crippen LogP contribution < -0.4 is 15.8 Å². The van der Waals surface area contributed by atoms with Crippen LogP contribution in [-0.4, -0.2) is 50.9 Å². The lowest BCUT2D eigenvalue weighted by molar-refractivity contribution is -0.115. The van der Waals surface area contributed by atoms with Gasteiger partial charge in [-0.25, -0.2) is 13.6 Å². The van der Waals surface area contributed by atoms with E-state index in [2.05, 4.69) is 43.2 Å². The van der Waals surface area contributed by atoms with Crippen LogP contribution in [0.5, 0.6) is 0 Å². The van der Waals surface area contributed by atoms with Crippen molar-refractivity contribution in [3.8, 4) is 0 Å². The number of anilines is 1. The zero-order chi connectivity index (χ0) is 18.3. The smallest absolute Gasteiger partial charge is 0.238 e. The highest BCUT2D eigenvalue weighted by molar-refractivity contribution is 7.89. The molecule has 0 aliphatic rings. The fraction of sp³-hybridized carbons (Fsp3) is 0.562. The Morgan fingerprint density at radius 3 is 2.12 bits per heavy atom. The number of nitrogens with zero attached hydrogens (tertiary/aromatic N) is 1. The zero-order valence-corrected chi connectivity index (χ0v) is 15.6. The third-order valence-electron chi connectivity index (χ3n) is 3.63. The van der Waals surface area contributed by atoms with Gasteiger partial charge in [0.25, 0.3) is 0 Å². The van der Waals surface area contributed by atoms with Gasteiger partial charge in [0, 0.05) is 30.9 Å². The molecule has 0 aromatic heterocycles. The van der Waals surface area contributed by atoms with Crippen LogP contribution in [0.25, 0.3) is 0 Å². The number of nitrogens with one attached hydrogen (secondary N) is 2. The molecule has 0 heterocycles. The van der Waals surface area contributed by atoms with E-state index in [1.807, 2.05) is 0 Å². The van der Waals surface area contributed by atoms with Crippen molar-refractivity contribution >= 4 is 21.6 Å². The molecule has 0 radical (unpaired) electrons. The number of primary sulfonamides is 1. The number of nitrogens with two attached hydrogens (primary N) is 1. The van der Waals surface area contributed by atoms with Gasteiger partial charge in [-0.15, -0.1) is 0 Å². The van der Waals surface area contributed by atoms with Crippen LogP contribution in [0.1, 0.15) is 27.7 Å². The van der Waals surface area contributed by atoms with Crippen molar-refractivity contribution in [2.24, 2.45) is 5.14 Å². The first-order valence-electron chi connectivity index (χ1n) is 8.00. The molecule has 1 rings (SSSR count). The molecule has 0 spiro atoms. The molecule has 0 fully saturated rings. The summed E-state index contributed by atoms with van der Waals surface area (Å²) >= 11 is 0. The number of carbonyl (C=O) groups excluding carboxylic acids is 1. The predicted octanol–water partition coefficient (Wildman–Crippen LogP) is 0.981. The molecule has 24 heavy (non-hydrogen) atoms. The summed E-state index contributed by atoms with van der Waals surface area (Å²) < 4.78 is 22.3. The summed E-state index contributed by atoms with van der Waals surface area (Å²) in [7, 11) is -3.72. The van der Waals surface area contributed by atoms with Crippen LogP contribution in [0, 0.1) is 0 Å². The molecule has 0 saturated heterocycles. The molecular weight excluding hydrogens is 328 g/mol. The Bertz CT molecular complexity index is 619. The molecule has 0 atom stereocenters. The highest BCUT2D eigenvalue weighted by Crippen LogP contribution is 2.12. The topological polar surface area (TPSA) is 105 Å². The predicted molar refractivity (Wildman–Crippen MR) is 96.3 cm³/mol. The number of carbonyl (C=O) groups is 1. The SMILES string of the molecule is CC(C)N(CCNCC(=O)Nc1ccc(S(N)(=O)=O)cc1)C(C)C. The first-order chi connectivity index (χ1) is 11.1. The van der Waals surface area contributed by atoms with Gasteiger partial charge >= 0.3 is 0 Å². The summed E-state index contributed by atoms with van der Waals surface area (Å²) in [5, 5.41) is 10.8. The van der Waals surface area contributed by atoms with Crippen LogP contribution in [0.2, 0.25) is 0 Å². The quantitative estimate of drug-likeness (QED) is 0.572. The maximum absolute atomic E-state index is 11.9. The maximum atomic E-state index is 11.9. The van der Waals surface area contributed by atoms with Gasteiger partial charge in [-0.05, 0) is 52.0 Å². The average Bonchev–Trinajstić information content (AvgIpc) is 2.45. The second kappa shape index (κ2) is 9.12. The molecule has 0 aliphatic heterocycles. The van der Waals surface area contributed by atoms with E-state index < -0.39 is 10.0 Å². The largest absolute Gasteiger partial charge is 0.325 e. The number of hydrogen-bond donors (Lipinski definition) is 3. The van der Waals surface area contributed by atoms with Gasteiger partial charge in [0.1, 0.15) is 0 Å². The van der Waals surface area contributed by atoms with Gasteiger partial charge in [0.05, 0.1) is 11.4 Å². The Morgan fingerprint density at radius 1 is 1.12 bits per heavy atom. The standard InChI is InChI=1S/C16H28N4O3S/c1-12(2)20(13(3)4)10-9-18-11-16(21)19-14-5-7-15(8-6-14)24(17,22)23/h5-8,12-13,18H,9-11H2,1-4H3,(H,19,21)(H2,17,22,23). The zero-order valence-electron chi connectivity index (χ0n) is 14.7. The van der Waals surface area contributed by atoms with Crippen LogP contribution in [-0.2, 0) is 14.8 Å². The summed E-state index contributed by atoms with van der Waals surface area (Å²) in [5.74, 6) is -0.181. The Balaban J connectivity index is 2.39. The number of hydrogen-bond acceptors (Lipinski definition) is 5. The fourth-order valence-corrected chi connectivity index (χ4v) is 2.97. The van der Waals surface area contributed by atoms with E-state index in [4.69, 9.17) is 5.14 Å². The molecular formula is C16H28N4O3S. The minimum Gasteiger partial charge on any atom is -0.325 e. The maximum Gasteiger partial charge on any atom is 0.238 e. The molecule has 7 nitrogen and oxygen atoms in total. The van der Waals surface area contributed by atoms with E-state index in [1.54, 1.807) is 0 Å². The molecule has 4 N–H and O–H groups in total. The molecule has 136 valence electrons. The minimum atomic E-state index is -3.72. The van der Waals surface area contributed by atoms with Crippen molar-refractivity contribution < 1.29 is 13.2 Å². The number of sulfonamides is 1. The fourth-order valence-electron chi connectivity index (χ4n) is 2.46. The lowest BCUT2D eigenvalue weighted by atomic mass is 10.2. The monoisotopic (exact) mass is 356 g/mol. The minimum absolute atomic E-state index is 0.0149. The lowest BCUT2D eigenvalue weighted by Crippen LogP contribution is -2.42. The van der Waals surface area contributed by atoms with Crippen molar-refractivity contribution in [2.75, 3.05) is 25.0 Å². The Kier molecular flexibility index (Phi) is 7.82. The van der Waals surface area contributed by atoms with Gasteiger partial charge in [0.2, 0.25) is 15.9 Å². The Hall–Kier alpha value is -1.48. The second-order valence-electron chi connectivity index (χ2n) is 6.22. The van der Waals surface area contributed by atoms with E-state index in [1.165, 1.54) is 24.3 Å². The van der Waals surface area contributed by atoms with Crippen LogP contribution in [0.15, 0.2) is 29.2 Å². The van der Waals surface area contributed by atoms with E-state index in [9.17, 15) is 13.2 Å². The van der Waals surface area contributed by atoms with Gasteiger partial charge in [-0.1, -0.05) is 0 Å². The van der Waals surface area contributed by atoms with E-state index in [0.717, 1.165) is 6.54 Å². The van der Waals surface area contributed by atoms with Gasteiger partial charge in [0.15, 0.2) is 0 Å². The van der Waals surface area contributed by atoms with Crippen LogP contribution >= 0.6 is 0 Å². The van der Waals surface area contributed by atoms with Crippen molar-refractivity contribution in [2.45, 2.75) is 44.7 Å². The molecule has 8 heteroatoms. The summed E-state index contributed by atoms with van der Waals surface area (Å²) in [5.41, 5.74) is 0.528. The van der Waals surface area contributed by atoms with Gasteiger partial charge < -0.3 is 10.6 Å². The van der Waals surface area contributed by atoms with Gasteiger partial charge in [-0.2, -0.15) is 0 Å². The van der Waals surface area contributed by atoms with Crippen molar-refractivity contribution in [3.63, 3.8) is 0 Å². The Labute approximate surface area is 144 Å². The van der Waals surface area contributed by atoms with E-state index in [-0.39, 0.29) is 17.3 Å². The van der Waals surface area contributed by atoms with E-state index >= 15 is 0 Å². The summed E-state index contributed by atoms with van der Waals surface area (Å²) in [6.07, 6.45) is 0. The van der Waals surface area contributed by atoms with Crippen LogP contribution in [0.3, 0.4) is 0 Å². The van der Waals surface area contributed by atoms with Crippen LogP contribution in [0.4, 0.5) is 5.69 Å². The highest BCUT2D eigenvalue weighted by Gasteiger charge is 2.12. The van der Waals surface area contributed by atoms with Crippen molar-refractivity contribution in [1.82, 2.24) is 10.2 Å². The average molecular weight is 356 g/mol. The first-order valence-corrected chi connectivity index (χ1v) is 9.55. The molecule has 1 amide bonds. The molecule has 0 aliphatic carbocycles. The second-order valence-corrected chi connectivity index (χ2v) is 7.78. The third-order valence-corrected chi connectivity index (χ3v) is 4.55. The number of rotatable bonds is 9. The molecule has 1 aromatic carbocycles. The van der Waals surface area contributed by atoms with Crippen molar-refractivity contribution in [3.05, 3.63) is 24.3 Å². The third kappa shape index (κ3) is 6.96. The molecule has 0 bridgehead atoms. The Morgan fingerprint density at radius 2 is 1.67 bits per heavy atom. The lowest BCUT2D eigenvalue weighted by Gasteiger charge is -2.30. The van der Waals surface area contributed by atoms with Gasteiger partial charge in [-0.3, -0.25) is 9.69 Å².